The molecule has 0 aromatic rings. The van der Waals surface area contributed by atoms with Crippen LogP contribution in [0.25, 0.3) is 0 Å². The fourth-order valence-corrected chi connectivity index (χ4v) is 3.08. The molecule has 0 amide bonds. The van der Waals surface area contributed by atoms with Crippen LogP contribution in [0, 0.1) is 17.8 Å². The van der Waals surface area contributed by atoms with E-state index in [-0.39, 0.29) is 0 Å². The molecule has 15 heavy (non-hydrogen) atoms. The maximum absolute atomic E-state index is 2.42. The summed E-state index contributed by atoms with van der Waals surface area (Å²) in [5, 5.41) is 0. The molecule has 0 N–H and O–H groups in total. The van der Waals surface area contributed by atoms with Crippen molar-refractivity contribution in [1.82, 2.24) is 0 Å². The zero-order valence-electron chi connectivity index (χ0n) is 10.2. The van der Waals surface area contributed by atoms with Crippen LogP contribution < -0.4 is 0 Å². The van der Waals surface area contributed by atoms with E-state index in [0.29, 0.717) is 0 Å². The van der Waals surface area contributed by atoms with Crippen molar-refractivity contribution in [3.63, 3.8) is 0 Å². The molecule has 0 heterocycles. The van der Waals surface area contributed by atoms with Crippen molar-refractivity contribution < 1.29 is 0 Å². The SMILES string of the molecule is CC1=CC=CC(CC2CCC(C)CC2)C1. The van der Waals surface area contributed by atoms with Gasteiger partial charge in [0.2, 0.25) is 0 Å². The van der Waals surface area contributed by atoms with Gasteiger partial charge in [-0.15, -0.1) is 0 Å². The Balaban J connectivity index is 1.78. The molecule has 1 fully saturated rings. The highest BCUT2D eigenvalue weighted by Gasteiger charge is 2.21. The van der Waals surface area contributed by atoms with E-state index in [0.717, 1.165) is 17.8 Å². The zero-order chi connectivity index (χ0) is 10.7. The zero-order valence-corrected chi connectivity index (χ0v) is 10.2. The van der Waals surface area contributed by atoms with Crippen molar-refractivity contribution >= 4 is 0 Å². The molecule has 0 heteroatoms. The molecule has 0 aromatic heterocycles. The van der Waals surface area contributed by atoms with E-state index < -0.39 is 0 Å². The van der Waals surface area contributed by atoms with Crippen LogP contribution in [0.15, 0.2) is 23.8 Å². The van der Waals surface area contributed by atoms with Gasteiger partial charge in [-0.3, -0.25) is 0 Å². The normalized spacial score (nSPS) is 36.4. The maximum atomic E-state index is 2.42. The van der Waals surface area contributed by atoms with Crippen LogP contribution in [0.1, 0.15) is 52.4 Å². The van der Waals surface area contributed by atoms with E-state index in [9.17, 15) is 0 Å². The van der Waals surface area contributed by atoms with E-state index in [1.165, 1.54) is 38.5 Å². The molecule has 2 rings (SSSR count). The van der Waals surface area contributed by atoms with Crippen molar-refractivity contribution in [3.05, 3.63) is 23.8 Å². The first-order valence-corrected chi connectivity index (χ1v) is 6.58. The molecular formula is C15H24. The summed E-state index contributed by atoms with van der Waals surface area (Å²) in [4.78, 5) is 0. The fraction of sp³-hybridized carbons (Fsp3) is 0.733. The Labute approximate surface area is 94.5 Å². The molecule has 84 valence electrons. The molecule has 0 saturated heterocycles. The van der Waals surface area contributed by atoms with Crippen LogP contribution in [0.5, 0.6) is 0 Å². The van der Waals surface area contributed by atoms with Gasteiger partial charge >= 0.3 is 0 Å². The second kappa shape index (κ2) is 5.01. The third-order valence-electron chi connectivity index (χ3n) is 4.12. The first-order valence-electron chi connectivity index (χ1n) is 6.58. The van der Waals surface area contributed by atoms with Gasteiger partial charge in [0.25, 0.3) is 0 Å². The quantitative estimate of drug-likeness (QED) is 0.610. The standard InChI is InChI=1S/C15H24/c1-12-6-8-14(9-7-12)11-15-5-3-4-13(2)10-15/h3-5,12,14-15H,6-11H2,1-2H3. The topological polar surface area (TPSA) is 0 Å². The van der Waals surface area contributed by atoms with Crippen molar-refractivity contribution in [2.75, 3.05) is 0 Å². The predicted octanol–water partition coefficient (Wildman–Crippen LogP) is 4.73. The molecular weight excluding hydrogens is 180 g/mol. The van der Waals surface area contributed by atoms with Crippen LogP contribution in [-0.2, 0) is 0 Å². The Bertz CT molecular complexity index is 251. The van der Waals surface area contributed by atoms with Crippen LogP contribution in [-0.4, -0.2) is 0 Å². The third kappa shape index (κ3) is 3.22. The average Bonchev–Trinajstić information content (AvgIpc) is 2.22. The second-order valence-electron chi connectivity index (χ2n) is 5.72. The van der Waals surface area contributed by atoms with Gasteiger partial charge in [0.05, 0.1) is 0 Å². The lowest BCUT2D eigenvalue weighted by Gasteiger charge is -2.29. The van der Waals surface area contributed by atoms with Gasteiger partial charge in [0.1, 0.15) is 0 Å². The highest BCUT2D eigenvalue weighted by Crippen LogP contribution is 2.34. The van der Waals surface area contributed by atoms with Gasteiger partial charge in [0.15, 0.2) is 0 Å². The summed E-state index contributed by atoms with van der Waals surface area (Å²) in [6.07, 6.45) is 15.6. The fourth-order valence-electron chi connectivity index (χ4n) is 3.08. The monoisotopic (exact) mass is 204 g/mol. The summed E-state index contributed by atoms with van der Waals surface area (Å²) in [7, 11) is 0. The maximum Gasteiger partial charge on any atom is -0.0190 e. The lowest BCUT2D eigenvalue weighted by atomic mass is 9.77. The highest BCUT2D eigenvalue weighted by molar-refractivity contribution is 5.18. The first kappa shape index (κ1) is 11.0. The number of hydrogen-bond donors (Lipinski definition) is 0. The first-order chi connectivity index (χ1) is 7.24. The van der Waals surface area contributed by atoms with Gasteiger partial charge in [-0.05, 0) is 37.5 Å². The summed E-state index contributed by atoms with van der Waals surface area (Å²) >= 11 is 0. The Morgan fingerprint density at radius 1 is 1.20 bits per heavy atom. The average molecular weight is 204 g/mol. The summed E-state index contributed by atoms with van der Waals surface area (Å²) < 4.78 is 0. The molecule has 2 aliphatic carbocycles. The van der Waals surface area contributed by atoms with Crippen LogP contribution in [0.2, 0.25) is 0 Å². The Morgan fingerprint density at radius 2 is 1.93 bits per heavy atom. The minimum atomic E-state index is 0.841. The molecule has 0 bridgehead atoms. The Kier molecular flexibility index (Phi) is 3.66. The van der Waals surface area contributed by atoms with Gasteiger partial charge in [-0.1, -0.05) is 56.4 Å². The van der Waals surface area contributed by atoms with Crippen molar-refractivity contribution in [2.45, 2.75) is 52.4 Å². The van der Waals surface area contributed by atoms with Crippen LogP contribution in [0.4, 0.5) is 0 Å². The van der Waals surface area contributed by atoms with Crippen molar-refractivity contribution in [2.24, 2.45) is 17.8 Å². The minimum Gasteiger partial charge on any atom is -0.0811 e. The Hall–Kier alpha value is -0.520. The summed E-state index contributed by atoms with van der Waals surface area (Å²) in [5.41, 5.74) is 1.56. The van der Waals surface area contributed by atoms with Crippen molar-refractivity contribution in [3.8, 4) is 0 Å². The lowest BCUT2D eigenvalue weighted by Crippen LogP contribution is -2.16. The number of allylic oxidation sites excluding steroid dienone is 4. The largest absolute Gasteiger partial charge is 0.0811 e. The van der Waals surface area contributed by atoms with E-state index in [1.807, 2.05) is 0 Å². The Morgan fingerprint density at radius 3 is 2.60 bits per heavy atom. The van der Waals surface area contributed by atoms with Crippen LogP contribution in [0.3, 0.4) is 0 Å². The molecule has 0 aromatic carbocycles. The van der Waals surface area contributed by atoms with Gasteiger partial charge in [0, 0.05) is 0 Å². The lowest BCUT2D eigenvalue weighted by molar-refractivity contribution is 0.257. The summed E-state index contributed by atoms with van der Waals surface area (Å²) in [6, 6.07) is 0. The van der Waals surface area contributed by atoms with Gasteiger partial charge in [-0.2, -0.15) is 0 Å². The second-order valence-corrected chi connectivity index (χ2v) is 5.72. The van der Waals surface area contributed by atoms with E-state index in [1.54, 1.807) is 5.57 Å². The highest BCUT2D eigenvalue weighted by atomic mass is 14.3. The van der Waals surface area contributed by atoms with Gasteiger partial charge in [-0.25, -0.2) is 0 Å². The molecule has 1 atom stereocenters. The van der Waals surface area contributed by atoms with E-state index in [2.05, 4.69) is 32.1 Å². The predicted molar refractivity (Wildman–Crippen MR) is 66.7 cm³/mol. The van der Waals surface area contributed by atoms with Gasteiger partial charge < -0.3 is 0 Å². The smallest absolute Gasteiger partial charge is 0.0190 e. The third-order valence-corrected chi connectivity index (χ3v) is 4.12. The number of rotatable bonds is 2. The summed E-state index contributed by atoms with van der Waals surface area (Å²) in [6.45, 7) is 4.67. The molecule has 0 aliphatic heterocycles. The van der Waals surface area contributed by atoms with E-state index in [4.69, 9.17) is 0 Å². The minimum absolute atomic E-state index is 0.841. The number of hydrogen-bond acceptors (Lipinski definition) is 0. The van der Waals surface area contributed by atoms with Crippen molar-refractivity contribution in [1.29, 1.82) is 0 Å². The molecule has 1 saturated carbocycles. The van der Waals surface area contributed by atoms with Crippen LogP contribution >= 0.6 is 0 Å². The summed E-state index contributed by atoms with van der Waals surface area (Å²) in [5.74, 6) is 2.85. The molecule has 2 aliphatic rings. The molecule has 1 unspecified atom stereocenters. The molecule has 0 nitrogen and oxygen atoms in total. The van der Waals surface area contributed by atoms with E-state index >= 15 is 0 Å². The molecule has 0 spiro atoms. The molecule has 0 radical (unpaired) electrons.